The van der Waals surface area contributed by atoms with Gasteiger partial charge in [0.05, 0.1) is 5.52 Å². The second-order valence-corrected chi connectivity index (χ2v) is 5.92. The van der Waals surface area contributed by atoms with Gasteiger partial charge in [0.25, 0.3) is 0 Å². The Bertz CT molecular complexity index is 621. The number of anilines is 2. The lowest BCUT2D eigenvalue weighted by atomic mass is 9.95. The Morgan fingerprint density at radius 3 is 3.00 bits per heavy atom. The van der Waals surface area contributed by atoms with Crippen LogP contribution >= 0.6 is 0 Å². The maximum absolute atomic E-state index is 5.97. The van der Waals surface area contributed by atoms with Crippen molar-refractivity contribution < 1.29 is 0 Å². The first kappa shape index (κ1) is 13.2. The van der Waals surface area contributed by atoms with Crippen molar-refractivity contribution in [3.63, 3.8) is 0 Å². The van der Waals surface area contributed by atoms with E-state index >= 15 is 0 Å². The van der Waals surface area contributed by atoms with Gasteiger partial charge in [-0.3, -0.25) is 4.98 Å². The fraction of sp³-hybridized carbons (Fsp3) is 0.471. The van der Waals surface area contributed by atoms with Crippen LogP contribution in [0.1, 0.15) is 31.9 Å². The Morgan fingerprint density at radius 1 is 1.35 bits per heavy atom. The number of nitrogen functional groups attached to an aromatic ring is 1. The van der Waals surface area contributed by atoms with Gasteiger partial charge in [0, 0.05) is 35.5 Å². The van der Waals surface area contributed by atoms with Gasteiger partial charge in [-0.2, -0.15) is 0 Å². The van der Waals surface area contributed by atoms with Crippen molar-refractivity contribution in [3.05, 3.63) is 30.0 Å². The molecule has 1 atom stereocenters. The molecule has 0 aliphatic carbocycles. The molecular formula is C17H23N3. The molecule has 1 unspecified atom stereocenters. The molecule has 106 valence electrons. The SMILES string of the molecule is CCC1CCCN(c2cc(C)nc3ccc(N)cc23)C1. The monoisotopic (exact) mass is 269 g/mol. The highest BCUT2D eigenvalue weighted by Crippen LogP contribution is 2.32. The van der Waals surface area contributed by atoms with Crippen molar-refractivity contribution in [1.82, 2.24) is 4.98 Å². The van der Waals surface area contributed by atoms with Crippen LogP contribution in [0.3, 0.4) is 0 Å². The first-order chi connectivity index (χ1) is 9.67. The first-order valence-corrected chi connectivity index (χ1v) is 7.59. The third-order valence-corrected chi connectivity index (χ3v) is 4.38. The molecule has 2 heterocycles. The zero-order valence-electron chi connectivity index (χ0n) is 12.4. The second kappa shape index (κ2) is 5.31. The average Bonchev–Trinajstić information content (AvgIpc) is 2.47. The summed E-state index contributed by atoms with van der Waals surface area (Å²) in [6.45, 7) is 6.66. The fourth-order valence-corrected chi connectivity index (χ4v) is 3.23. The van der Waals surface area contributed by atoms with Crippen molar-refractivity contribution in [1.29, 1.82) is 0 Å². The van der Waals surface area contributed by atoms with E-state index < -0.39 is 0 Å². The zero-order valence-corrected chi connectivity index (χ0v) is 12.4. The number of rotatable bonds is 2. The maximum atomic E-state index is 5.97. The predicted molar refractivity (Wildman–Crippen MR) is 86.1 cm³/mol. The number of piperidine rings is 1. The molecular weight excluding hydrogens is 246 g/mol. The summed E-state index contributed by atoms with van der Waals surface area (Å²) in [6.07, 6.45) is 3.90. The lowest BCUT2D eigenvalue weighted by molar-refractivity contribution is 0.405. The van der Waals surface area contributed by atoms with Crippen molar-refractivity contribution in [2.24, 2.45) is 5.92 Å². The standard InChI is InChI=1S/C17H23N3/c1-3-13-5-4-8-20(11-13)17-9-12(2)19-16-7-6-14(18)10-15(16)17/h6-7,9-10,13H,3-5,8,11,18H2,1-2H3. The summed E-state index contributed by atoms with van der Waals surface area (Å²) in [5.41, 5.74) is 10.2. The van der Waals surface area contributed by atoms with E-state index in [0.717, 1.165) is 35.9 Å². The number of hydrogen-bond donors (Lipinski definition) is 1. The Balaban J connectivity index is 2.07. The third-order valence-electron chi connectivity index (χ3n) is 4.38. The number of aromatic nitrogens is 1. The average molecular weight is 269 g/mol. The van der Waals surface area contributed by atoms with E-state index in [-0.39, 0.29) is 0 Å². The lowest BCUT2D eigenvalue weighted by Crippen LogP contribution is -2.35. The molecule has 0 bridgehead atoms. The number of hydrogen-bond acceptors (Lipinski definition) is 3. The van der Waals surface area contributed by atoms with E-state index in [1.54, 1.807) is 0 Å². The molecule has 2 N–H and O–H groups in total. The molecule has 1 aliphatic heterocycles. The quantitative estimate of drug-likeness (QED) is 0.844. The van der Waals surface area contributed by atoms with Gasteiger partial charge in [-0.15, -0.1) is 0 Å². The van der Waals surface area contributed by atoms with Crippen LogP contribution in [-0.2, 0) is 0 Å². The number of pyridine rings is 1. The summed E-state index contributed by atoms with van der Waals surface area (Å²) >= 11 is 0. The molecule has 2 aromatic rings. The van der Waals surface area contributed by atoms with E-state index in [1.165, 1.54) is 30.3 Å². The Labute approximate surface area is 120 Å². The molecule has 1 fully saturated rings. The van der Waals surface area contributed by atoms with Gasteiger partial charge in [0.1, 0.15) is 0 Å². The molecule has 3 nitrogen and oxygen atoms in total. The molecule has 0 amide bonds. The summed E-state index contributed by atoms with van der Waals surface area (Å²) in [5.74, 6) is 0.813. The van der Waals surface area contributed by atoms with E-state index in [1.807, 2.05) is 12.1 Å². The Kier molecular flexibility index (Phi) is 3.51. The number of benzene rings is 1. The minimum atomic E-state index is 0.813. The van der Waals surface area contributed by atoms with Crippen LogP contribution in [0, 0.1) is 12.8 Å². The van der Waals surface area contributed by atoms with Gasteiger partial charge in [-0.05, 0) is 49.9 Å². The summed E-state index contributed by atoms with van der Waals surface area (Å²) in [6, 6.07) is 8.23. The molecule has 3 heteroatoms. The molecule has 0 saturated carbocycles. The summed E-state index contributed by atoms with van der Waals surface area (Å²) in [4.78, 5) is 7.15. The summed E-state index contributed by atoms with van der Waals surface area (Å²) in [7, 11) is 0. The highest BCUT2D eigenvalue weighted by atomic mass is 15.1. The molecule has 20 heavy (non-hydrogen) atoms. The van der Waals surface area contributed by atoms with Crippen LogP contribution < -0.4 is 10.6 Å². The van der Waals surface area contributed by atoms with E-state index in [0.29, 0.717) is 0 Å². The first-order valence-electron chi connectivity index (χ1n) is 7.59. The summed E-state index contributed by atoms with van der Waals surface area (Å²) in [5, 5.41) is 1.19. The summed E-state index contributed by atoms with van der Waals surface area (Å²) < 4.78 is 0. The Hall–Kier alpha value is -1.77. The largest absolute Gasteiger partial charge is 0.399 e. The molecule has 3 rings (SSSR count). The van der Waals surface area contributed by atoms with E-state index in [9.17, 15) is 0 Å². The smallest absolute Gasteiger partial charge is 0.0727 e. The van der Waals surface area contributed by atoms with Crippen molar-refractivity contribution in [2.45, 2.75) is 33.1 Å². The molecule has 1 saturated heterocycles. The molecule has 0 spiro atoms. The van der Waals surface area contributed by atoms with Gasteiger partial charge >= 0.3 is 0 Å². The van der Waals surface area contributed by atoms with Crippen molar-refractivity contribution >= 4 is 22.3 Å². The van der Waals surface area contributed by atoms with Gasteiger partial charge < -0.3 is 10.6 Å². The number of nitrogens with two attached hydrogens (primary N) is 1. The number of fused-ring (bicyclic) bond motifs is 1. The highest BCUT2D eigenvalue weighted by Gasteiger charge is 2.20. The lowest BCUT2D eigenvalue weighted by Gasteiger charge is -2.34. The second-order valence-electron chi connectivity index (χ2n) is 5.92. The third kappa shape index (κ3) is 2.45. The normalized spacial score (nSPS) is 19.5. The van der Waals surface area contributed by atoms with Crippen LogP contribution in [0.15, 0.2) is 24.3 Å². The minimum Gasteiger partial charge on any atom is -0.399 e. The van der Waals surface area contributed by atoms with Crippen LogP contribution in [0.2, 0.25) is 0 Å². The molecule has 1 aliphatic rings. The maximum Gasteiger partial charge on any atom is 0.0727 e. The van der Waals surface area contributed by atoms with Crippen LogP contribution in [-0.4, -0.2) is 18.1 Å². The highest BCUT2D eigenvalue weighted by molar-refractivity contribution is 5.94. The predicted octanol–water partition coefficient (Wildman–Crippen LogP) is 3.75. The molecule has 1 aromatic heterocycles. The van der Waals surface area contributed by atoms with E-state index in [2.05, 4.69) is 35.9 Å². The number of aryl methyl sites for hydroxylation is 1. The van der Waals surface area contributed by atoms with Crippen LogP contribution in [0.4, 0.5) is 11.4 Å². The van der Waals surface area contributed by atoms with Gasteiger partial charge in [0.15, 0.2) is 0 Å². The van der Waals surface area contributed by atoms with Gasteiger partial charge in [-0.25, -0.2) is 0 Å². The zero-order chi connectivity index (χ0) is 14.1. The van der Waals surface area contributed by atoms with Gasteiger partial charge in [0.2, 0.25) is 0 Å². The molecule has 1 aromatic carbocycles. The van der Waals surface area contributed by atoms with Crippen molar-refractivity contribution in [3.8, 4) is 0 Å². The fourth-order valence-electron chi connectivity index (χ4n) is 3.23. The van der Waals surface area contributed by atoms with Gasteiger partial charge in [-0.1, -0.05) is 13.3 Å². The van der Waals surface area contributed by atoms with E-state index in [4.69, 9.17) is 5.73 Å². The van der Waals surface area contributed by atoms with Crippen LogP contribution in [0.25, 0.3) is 10.9 Å². The topological polar surface area (TPSA) is 42.2 Å². The van der Waals surface area contributed by atoms with Crippen LogP contribution in [0.5, 0.6) is 0 Å². The minimum absolute atomic E-state index is 0.813. The Morgan fingerprint density at radius 2 is 2.20 bits per heavy atom. The number of nitrogens with zero attached hydrogens (tertiary/aromatic N) is 2. The van der Waals surface area contributed by atoms with Crippen molar-refractivity contribution in [2.75, 3.05) is 23.7 Å². The molecule has 0 radical (unpaired) electrons.